The van der Waals surface area contributed by atoms with Crippen LogP contribution in [0.25, 0.3) is 0 Å². The molecule has 0 aliphatic carbocycles. The van der Waals surface area contributed by atoms with Crippen molar-refractivity contribution in [2.24, 2.45) is 5.92 Å². The maximum atomic E-state index is 2.29. The summed E-state index contributed by atoms with van der Waals surface area (Å²) in [5.74, 6) is 0.724. The zero-order chi connectivity index (χ0) is 7.11. The highest BCUT2D eigenvalue weighted by atomic mass is 13.9. The number of rotatable bonds is 4. The van der Waals surface area contributed by atoms with Crippen molar-refractivity contribution in [1.82, 2.24) is 0 Å². The Morgan fingerprint density at radius 2 is 2.00 bits per heavy atom. The van der Waals surface area contributed by atoms with E-state index in [0.29, 0.717) is 0 Å². The van der Waals surface area contributed by atoms with Gasteiger partial charge in [-0.25, -0.2) is 0 Å². The zero-order valence-electron chi connectivity index (χ0n) is 6.85. The number of hydrogen-bond donors (Lipinski definition) is 0. The van der Waals surface area contributed by atoms with Gasteiger partial charge < -0.3 is 0 Å². The van der Waals surface area contributed by atoms with Gasteiger partial charge in [0.05, 0.1) is 0 Å². The third-order valence-electron chi connectivity index (χ3n) is 1.25. The molecule has 0 spiro atoms. The fraction of sp³-hybridized carbons (Fsp3) is 0.778. The van der Waals surface area contributed by atoms with Crippen molar-refractivity contribution in [2.45, 2.75) is 40.0 Å². The summed E-state index contributed by atoms with van der Waals surface area (Å²) in [6.07, 6.45) is 8.46. The Bertz CT molecular complexity index is 70.1. The summed E-state index contributed by atoms with van der Waals surface area (Å²) >= 11 is 0. The van der Waals surface area contributed by atoms with Crippen molar-refractivity contribution in [3.63, 3.8) is 0 Å². The van der Waals surface area contributed by atoms with Crippen molar-refractivity contribution in [2.75, 3.05) is 0 Å². The summed E-state index contributed by atoms with van der Waals surface area (Å²) < 4.78 is 0. The lowest BCUT2D eigenvalue weighted by Crippen LogP contribution is -1.76. The Kier molecular flexibility index (Phi) is 5.70. The average Bonchev–Trinajstić information content (AvgIpc) is 1.80. The molecule has 0 saturated heterocycles. The van der Waals surface area contributed by atoms with E-state index < -0.39 is 0 Å². The minimum atomic E-state index is 0.724. The molecular weight excluding hydrogens is 108 g/mol. The van der Waals surface area contributed by atoms with Crippen molar-refractivity contribution >= 4 is 0 Å². The lowest BCUT2D eigenvalue weighted by molar-refractivity contribution is 0.788. The molecule has 0 N–H and O–H groups in total. The molecule has 0 unspecified atom stereocenters. The second kappa shape index (κ2) is 5.87. The Balaban J connectivity index is 3.04. The molecule has 0 fully saturated rings. The molecule has 0 aromatic carbocycles. The van der Waals surface area contributed by atoms with Crippen molar-refractivity contribution in [3.05, 3.63) is 12.2 Å². The molecular formula is C9H18. The van der Waals surface area contributed by atoms with Gasteiger partial charge >= 0.3 is 0 Å². The van der Waals surface area contributed by atoms with Crippen molar-refractivity contribution in [3.8, 4) is 0 Å². The van der Waals surface area contributed by atoms with Crippen LogP contribution in [0.15, 0.2) is 12.2 Å². The van der Waals surface area contributed by atoms with Gasteiger partial charge in [-0.05, 0) is 12.3 Å². The van der Waals surface area contributed by atoms with Crippen LogP contribution in [0.5, 0.6) is 0 Å². The normalized spacial score (nSPS) is 11.6. The van der Waals surface area contributed by atoms with Gasteiger partial charge in [0.15, 0.2) is 0 Å². The Morgan fingerprint density at radius 3 is 2.44 bits per heavy atom. The Hall–Kier alpha value is -0.260. The van der Waals surface area contributed by atoms with E-state index in [9.17, 15) is 0 Å². The van der Waals surface area contributed by atoms with Crippen molar-refractivity contribution < 1.29 is 0 Å². The fourth-order valence-corrected chi connectivity index (χ4v) is 0.690. The predicted molar refractivity (Wildman–Crippen MR) is 43.5 cm³/mol. The van der Waals surface area contributed by atoms with Crippen LogP contribution in [0.3, 0.4) is 0 Å². The van der Waals surface area contributed by atoms with Crippen LogP contribution in [0.1, 0.15) is 40.0 Å². The number of allylic oxidation sites excluding steroid dienone is 2. The molecule has 0 heteroatoms. The first-order valence-corrected chi connectivity index (χ1v) is 3.94. The molecule has 0 amide bonds. The summed E-state index contributed by atoms with van der Waals surface area (Å²) in [6.45, 7) is 6.65. The summed E-state index contributed by atoms with van der Waals surface area (Å²) in [5.41, 5.74) is 0. The molecule has 0 atom stereocenters. The van der Waals surface area contributed by atoms with Gasteiger partial charge in [-0.3, -0.25) is 0 Å². The smallest absolute Gasteiger partial charge is 0.0290 e. The van der Waals surface area contributed by atoms with Gasteiger partial charge in [0.25, 0.3) is 0 Å². The van der Waals surface area contributed by atoms with Crippen LogP contribution in [0.4, 0.5) is 0 Å². The SMILES string of the molecule is CCCCC=CC(C)C. The molecule has 0 radical (unpaired) electrons. The standard InChI is InChI=1S/C9H18/c1-4-5-6-7-8-9(2)3/h7-9H,4-6H2,1-3H3. The highest BCUT2D eigenvalue weighted by Gasteiger charge is 1.82. The first-order chi connectivity index (χ1) is 4.27. The van der Waals surface area contributed by atoms with Crippen LogP contribution in [0.2, 0.25) is 0 Å². The Morgan fingerprint density at radius 1 is 1.33 bits per heavy atom. The van der Waals surface area contributed by atoms with E-state index in [1.165, 1.54) is 19.3 Å². The zero-order valence-corrected chi connectivity index (χ0v) is 6.85. The van der Waals surface area contributed by atoms with Gasteiger partial charge in [-0.2, -0.15) is 0 Å². The quantitative estimate of drug-likeness (QED) is 0.400. The van der Waals surface area contributed by atoms with E-state index in [1.54, 1.807) is 0 Å². The van der Waals surface area contributed by atoms with Gasteiger partial charge in [0.2, 0.25) is 0 Å². The highest BCUT2D eigenvalue weighted by Crippen LogP contribution is 1.99. The second-order valence-corrected chi connectivity index (χ2v) is 2.81. The number of hydrogen-bond acceptors (Lipinski definition) is 0. The molecule has 54 valence electrons. The average molecular weight is 126 g/mol. The molecule has 0 aromatic rings. The molecule has 0 bridgehead atoms. The van der Waals surface area contributed by atoms with Crippen LogP contribution in [-0.2, 0) is 0 Å². The molecule has 0 aromatic heterocycles. The minimum absolute atomic E-state index is 0.724. The summed E-state index contributed by atoms with van der Waals surface area (Å²) in [6, 6.07) is 0. The van der Waals surface area contributed by atoms with E-state index in [1.807, 2.05) is 0 Å². The van der Waals surface area contributed by atoms with E-state index in [4.69, 9.17) is 0 Å². The van der Waals surface area contributed by atoms with Crippen LogP contribution in [-0.4, -0.2) is 0 Å². The van der Waals surface area contributed by atoms with Crippen LogP contribution >= 0.6 is 0 Å². The summed E-state index contributed by atoms with van der Waals surface area (Å²) in [4.78, 5) is 0. The molecule has 0 aliphatic rings. The van der Waals surface area contributed by atoms with E-state index in [2.05, 4.69) is 32.9 Å². The van der Waals surface area contributed by atoms with Crippen molar-refractivity contribution in [1.29, 1.82) is 0 Å². The summed E-state index contributed by atoms with van der Waals surface area (Å²) in [5, 5.41) is 0. The third kappa shape index (κ3) is 7.74. The third-order valence-corrected chi connectivity index (χ3v) is 1.25. The molecule has 0 heterocycles. The van der Waals surface area contributed by atoms with Crippen LogP contribution < -0.4 is 0 Å². The lowest BCUT2D eigenvalue weighted by Gasteiger charge is -1.92. The van der Waals surface area contributed by atoms with Gasteiger partial charge in [-0.15, -0.1) is 0 Å². The predicted octanol–water partition coefficient (Wildman–Crippen LogP) is 3.39. The van der Waals surface area contributed by atoms with E-state index >= 15 is 0 Å². The summed E-state index contributed by atoms with van der Waals surface area (Å²) in [7, 11) is 0. The first-order valence-electron chi connectivity index (χ1n) is 3.94. The molecule has 0 rings (SSSR count). The van der Waals surface area contributed by atoms with Gasteiger partial charge in [-0.1, -0.05) is 45.8 Å². The van der Waals surface area contributed by atoms with Crippen LogP contribution in [0, 0.1) is 5.92 Å². The van der Waals surface area contributed by atoms with E-state index in [-0.39, 0.29) is 0 Å². The molecule has 0 aliphatic heterocycles. The number of unbranched alkanes of at least 4 members (excludes halogenated alkanes) is 2. The monoisotopic (exact) mass is 126 g/mol. The first kappa shape index (κ1) is 8.74. The van der Waals surface area contributed by atoms with E-state index in [0.717, 1.165) is 5.92 Å². The molecule has 0 saturated carbocycles. The Labute approximate surface area is 59.0 Å². The maximum absolute atomic E-state index is 2.29. The van der Waals surface area contributed by atoms with Gasteiger partial charge in [0.1, 0.15) is 0 Å². The maximum Gasteiger partial charge on any atom is -0.0290 e. The van der Waals surface area contributed by atoms with Gasteiger partial charge in [0, 0.05) is 0 Å². The molecule has 0 nitrogen and oxygen atoms in total. The molecule has 9 heavy (non-hydrogen) atoms. The minimum Gasteiger partial charge on any atom is -0.0883 e. The topological polar surface area (TPSA) is 0 Å². The largest absolute Gasteiger partial charge is 0.0883 e. The second-order valence-electron chi connectivity index (χ2n) is 2.81. The fourth-order valence-electron chi connectivity index (χ4n) is 0.690. The lowest BCUT2D eigenvalue weighted by atomic mass is 10.1. The highest BCUT2D eigenvalue weighted by molar-refractivity contribution is 4.83.